The fourth-order valence-electron chi connectivity index (χ4n) is 2.87. The number of rotatable bonds is 2. The molecule has 2 aliphatic rings. The fourth-order valence-corrected chi connectivity index (χ4v) is 2.87. The Balaban J connectivity index is 1.71. The highest BCUT2D eigenvalue weighted by Gasteiger charge is 2.19. The first-order valence-electron chi connectivity index (χ1n) is 6.54. The SMILES string of the molecule is c1nc(CC2CCOCC2)n2c1CCCC2. The van der Waals surface area contributed by atoms with Gasteiger partial charge in [0.05, 0.1) is 0 Å². The smallest absolute Gasteiger partial charge is 0.109 e. The predicted octanol–water partition coefficient (Wildman–Crippen LogP) is 2.19. The number of ether oxygens (including phenoxy) is 1. The number of aryl methyl sites for hydroxylation is 1. The van der Waals surface area contributed by atoms with Crippen molar-refractivity contribution in [3.8, 4) is 0 Å². The van der Waals surface area contributed by atoms with E-state index in [1.54, 1.807) is 0 Å². The van der Waals surface area contributed by atoms with Gasteiger partial charge in [-0.05, 0) is 38.0 Å². The molecule has 0 aliphatic carbocycles. The lowest BCUT2D eigenvalue weighted by Gasteiger charge is -2.23. The molecular weight excluding hydrogens is 200 g/mol. The van der Waals surface area contributed by atoms with Crippen LogP contribution in [0.25, 0.3) is 0 Å². The molecule has 0 unspecified atom stereocenters. The van der Waals surface area contributed by atoms with Crippen LogP contribution in [0, 0.1) is 5.92 Å². The third-order valence-electron chi connectivity index (χ3n) is 3.90. The molecule has 1 aromatic rings. The molecule has 1 saturated heterocycles. The Kier molecular flexibility index (Phi) is 2.96. The number of fused-ring (bicyclic) bond motifs is 1. The zero-order valence-electron chi connectivity index (χ0n) is 9.82. The van der Waals surface area contributed by atoms with Gasteiger partial charge in [0.1, 0.15) is 5.82 Å². The molecule has 3 rings (SSSR count). The second kappa shape index (κ2) is 4.58. The molecule has 1 aromatic heterocycles. The Morgan fingerprint density at radius 3 is 3.06 bits per heavy atom. The summed E-state index contributed by atoms with van der Waals surface area (Å²) < 4.78 is 7.86. The minimum absolute atomic E-state index is 0.794. The van der Waals surface area contributed by atoms with Crippen LogP contribution in [-0.4, -0.2) is 22.8 Å². The van der Waals surface area contributed by atoms with Crippen LogP contribution in [0.4, 0.5) is 0 Å². The fraction of sp³-hybridized carbons (Fsp3) is 0.769. The number of nitrogens with zero attached hydrogens (tertiary/aromatic N) is 2. The molecule has 88 valence electrons. The summed E-state index contributed by atoms with van der Waals surface area (Å²) in [6.07, 6.45) is 9.55. The molecule has 2 aliphatic heterocycles. The maximum absolute atomic E-state index is 5.40. The van der Waals surface area contributed by atoms with Crippen LogP contribution in [0.1, 0.15) is 37.2 Å². The number of hydrogen-bond acceptors (Lipinski definition) is 2. The second-order valence-corrected chi connectivity index (χ2v) is 5.03. The maximum atomic E-state index is 5.40. The van der Waals surface area contributed by atoms with Gasteiger partial charge in [-0.25, -0.2) is 4.98 Å². The van der Waals surface area contributed by atoms with Crippen molar-refractivity contribution in [2.75, 3.05) is 13.2 Å². The average Bonchev–Trinajstić information content (AvgIpc) is 2.74. The van der Waals surface area contributed by atoms with Crippen LogP contribution in [0.2, 0.25) is 0 Å². The van der Waals surface area contributed by atoms with Crippen LogP contribution >= 0.6 is 0 Å². The Bertz CT molecular complexity index is 353. The van der Waals surface area contributed by atoms with Crippen molar-refractivity contribution in [1.29, 1.82) is 0 Å². The van der Waals surface area contributed by atoms with Gasteiger partial charge < -0.3 is 9.30 Å². The lowest BCUT2D eigenvalue weighted by Crippen LogP contribution is -2.20. The number of imidazole rings is 1. The Morgan fingerprint density at radius 1 is 1.31 bits per heavy atom. The molecule has 0 atom stereocenters. The summed E-state index contributed by atoms with van der Waals surface area (Å²) in [5.74, 6) is 2.11. The van der Waals surface area contributed by atoms with E-state index in [9.17, 15) is 0 Å². The summed E-state index contributed by atoms with van der Waals surface area (Å²) in [6.45, 7) is 3.07. The molecule has 3 heteroatoms. The highest BCUT2D eigenvalue weighted by molar-refractivity contribution is 5.08. The van der Waals surface area contributed by atoms with Crippen molar-refractivity contribution < 1.29 is 4.74 Å². The first-order chi connectivity index (χ1) is 7.93. The standard InChI is InChI=1S/C13H20N2O/c1-2-6-15-12(3-1)10-14-13(15)9-11-4-7-16-8-5-11/h10-11H,1-9H2. The lowest BCUT2D eigenvalue weighted by molar-refractivity contribution is 0.0657. The second-order valence-electron chi connectivity index (χ2n) is 5.03. The van der Waals surface area contributed by atoms with Gasteiger partial charge >= 0.3 is 0 Å². The van der Waals surface area contributed by atoms with Gasteiger partial charge in [0.2, 0.25) is 0 Å². The topological polar surface area (TPSA) is 27.1 Å². The maximum Gasteiger partial charge on any atom is 0.109 e. The van der Waals surface area contributed by atoms with Crippen molar-refractivity contribution in [1.82, 2.24) is 9.55 Å². The van der Waals surface area contributed by atoms with Crippen LogP contribution < -0.4 is 0 Å². The van der Waals surface area contributed by atoms with Crippen LogP contribution in [0.5, 0.6) is 0 Å². The quantitative estimate of drug-likeness (QED) is 0.764. The van der Waals surface area contributed by atoms with Gasteiger partial charge in [0.25, 0.3) is 0 Å². The number of aromatic nitrogens is 2. The molecule has 0 saturated carbocycles. The van der Waals surface area contributed by atoms with E-state index in [-0.39, 0.29) is 0 Å². The molecule has 0 amide bonds. The van der Waals surface area contributed by atoms with E-state index in [0.29, 0.717) is 0 Å². The van der Waals surface area contributed by atoms with Gasteiger partial charge in [0.15, 0.2) is 0 Å². The minimum atomic E-state index is 0.794. The molecule has 3 heterocycles. The molecule has 0 N–H and O–H groups in total. The highest BCUT2D eigenvalue weighted by atomic mass is 16.5. The average molecular weight is 220 g/mol. The van der Waals surface area contributed by atoms with E-state index in [2.05, 4.69) is 15.7 Å². The van der Waals surface area contributed by atoms with E-state index in [4.69, 9.17) is 4.74 Å². The lowest BCUT2D eigenvalue weighted by atomic mass is 9.96. The van der Waals surface area contributed by atoms with Gasteiger partial charge in [-0.15, -0.1) is 0 Å². The summed E-state index contributed by atoms with van der Waals surface area (Å²) in [7, 11) is 0. The van der Waals surface area contributed by atoms with Gasteiger partial charge in [0, 0.05) is 38.1 Å². The summed E-state index contributed by atoms with van der Waals surface area (Å²) in [5, 5.41) is 0. The molecular formula is C13H20N2O. The van der Waals surface area contributed by atoms with Gasteiger partial charge in [-0.1, -0.05) is 0 Å². The predicted molar refractivity (Wildman–Crippen MR) is 62.4 cm³/mol. The van der Waals surface area contributed by atoms with Crippen molar-refractivity contribution >= 4 is 0 Å². The largest absolute Gasteiger partial charge is 0.381 e. The molecule has 1 fully saturated rings. The molecule has 0 spiro atoms. The Hall–Kier alpha value is -0.830. The van der Waals surface area contributed by atoms with Crippen LogP contribution in [0.3, 0.4) is 0 Å². The zero-order valence-corrected chi connectivity index (χ0v) is 9.82. The summed E-state index contributed by atoms with van der Waals surface area (Å²) >= 11 is 0. The first-order valence-corrected chi connectivity index (χ1v) is 6.54. The van der Waals surface area contributed by atoms with E-state index >= 15 is 0 Å². The summed E-state index contributed by atoms with van der Waals surface area (Å²) in [4.78, 5) is 4.61. The van der Waals surface area contributed by atoms with E-state index in [1.807, 2.05) is 0 Å². The van der Waals surface area contributed by atoms with Crippen molar-refractivity contribution in [3.63, 3.8) is 0 Å². The summed E-state index contributed by atoms with van der Waals surface area (Å²) in [6, 6.07) is 0. The zero-order chi connectivity index (χ0) is 10.8. The normalized spacial score (nSPS) is 22.0. The minimum Gasteiger partial charge on any atom is -0.381 e. The van der Waals surface area contributed by atoms with E-state index in [1.165, 1.54) is 50.2 Å². The van der Waals surface area contributed by atoms with Gasteiger partial charge in [-0.2, -0.15) is 0 Å². The van der Waals surface area contributed by atoms with Crippen molar-refractivity contribution in [2.24, 2.45) is 5.92 Å². The Labute approximate surface area is 96.8 Å². The Morgan fingerprint density at radius 2 is 2.19 bits per heavy atom. The van der Waals surface area contributed by atoms with Crippen LogP contribution in [0.15, 0.2) is 6.20 Å². The highest BCUT2D eigenvalue weighted by Crippen LogP contribution is 2.22. The third-order valence-corrected chi connectivity index (χ3v) is 3.90. The molecule has 3 nitrogen and oxygen atoms in total. The molecule has 0 radical (unpaired) electrons. The summed E-state index contributed by atoms with van der Waals surface area (Å²) in [5.41, 5.74) is 1.45. The third kappa shape index (κ3) is 2.01. The molecule has 0 aromatic carbocycles. The monoisotopic (exact) mass is 220 g/mol. The molecule has 0 bridgehead atoms. The van der Waals surface area contributed by atoms with E-state index in [0.717, 1.165) is 25.6 Å². The molecule has 16 heavy (non-hydrogen) atoms. The number of hydrogen-bond donors (Lipinski definition) is 0. The van der Waals surface area contributed by atoms with Gasteiger partial charge in [-0.3, -0.25) is 0 Å². The van der Waals surface area contributed by atoms with Crippen LogP contribution in [-0.2, 0) is 24.1 Å². The first kappa shape index (κ1) is 10.3. The van der Waals surface area contributed by atoms with Crippen molar-refractivity contribution in [3.05, 3.63) is 17.7 Å². The van der Waals surface area contributed by atoms with Crippen molar-refractivity contribution in [2.45, 2.75) is 45.1 Å². The van der Waals surface area contributed by atoms with E-state index < -0.39 is 0 Å².